The zero-order valence-electron chi connectivity index (χ0n) is 20.4. The summed E-state index contributed by atoms with van der Waals surface area (Å²) in [7, 11) is 1.58. The molecule has 0 spiro atoms. The van der Waals surface area contributed by atoms with Gasteiger partial charge in [0.2, 0.25) is 0 Å². The Kier molecular flexibility index (Phi) is 7.39. The highest BCUT2D eigenvalue weighted by Crippen LogP contribution is 2.28. The number of benzene rings is 3. The van der Waals surface area contributed by atoms with Crippen LogP contribution in [-0.4, -0.2) is 23.0 Å². The number of aromatic nitrogens is 2. The summed E-state index contributed by atoms with van der Waals surface area (Å²) in [6.07, 6.45) is 3.26. The van der Waals surface area contributed by atoms with Gasteiger partial charge in [-0.05, 0) is 35.9 Å². The number of anilines is 1. The van der Waals surface area contributed by atoms with E-state index in [2.05, 4.69) is 15.3 Å². The van der Waals surface area contributed by atoms with Crippen molar-refractivity contribution in [3.63, 3.8) is 0 Å². The predicted octanol–water partition coefficient (Wildman–Crippen LogP) is 6.49. The molecule has 2 aromatic heterocycles. The molecule has 1 amide bonds. The molecule has 5 aromatic rings. The highest BCUT2D eigenvalue weighted by molar-refractivity contribution is 7.14. The van der Waals surface area contributed by atoms with E-state index in [4.69, 9.17) is 9.47 Å². The fourth-order valence-corrected chi connectivity index (χ4v) is 4.62. The number of fused-ring (bicyclic) bond motifs is 1. The second-order valence-corrected chi connectivity index (χ2v) is 9.08. The Morgan fingerprint density at radius 2 is 1.89 bits per heavy atom. The van der Waals surface area contributed by atoms with E-state index in [0.29, 0.717) is 22.2 Å². The monoisotopic (exact) mass is 518 g/mol. The van der Waals surface area contributed by atoms with Gasteiger partial charge in [0.25, 0.3) is 5.91 Å². The Balaban J connectivity index is 1.33. The van der Waals surface area contributed by atoms with Crippen molar-refractivity contribution >= 4 is 39.4 Å². The molecular weight excluding hydrogens is 496 g/mol. The normalized spacial score (nSPS) is 11.1. The van der Waals surface area contributed by atoms with E-state index >= 15 is 0 Å². The van der Waals surface area contributed by atoms with Crippen LogP contribution in [0.4, 0.5) is 5.13 Å². The van der Waals surface area contributed by atoms with Crippen LogP contribution in [0.5, 0.6) is 11.5 Å². The van der Waals surface area contributed by atoms with Crippen molar-refractivity contribution in [2.24, 2.45) is 0 Å². The van der Waals surface area contributed by atoms with Crippen molar-refractivity contribution in [1.29, 1.82) is 5.26 Å². The number of pyridine rings is 1. The number of carbonyl (C=O) groups is 1. The van der Waals surface area contributed by atoms with E-state index in [0.717, 1.165) is 27.7 Å². The largest absolute Gasteiger partial charge is 0.496 e. The van der Waals surface area contributed by atoms with E-state index in [9.17, 15) is 10.1 Å². The molecule has 0 aliphatic heterocycles. The maximum absolute atomic E-state index is 12.8. The van der Waals surface area contributed by atoms with Gasteiger partial charge in [-0.1, -0.05) is 54.6 Å². The SMILES string of the molecule is COc1ccc(/C=C(\C#N)C(=O)Nc2nc(-c3ccccc3)cs2)cc1COc1cccc2cccnc12. The summed E-state index contributed by atoms with van der Waals surface area (Å²) >= 11 is 1.30. The number of para-hydroxylation sites is 1. The quantitative estimate of drug-likeness (QED) is 0.186. The third-order valence-corrected chi connectivity index (χ3v) is 6.51. The number of nitriles is 1. The first-order valence-electron chi connectivity index (χ1n) is 11.7. The Hall–Kier alpha value is -5.00. The summed E-state index contributed by atoms with van der Waals surface area (Å²) in [6.45, 7) is 0.218. The molecule has 38 heavy (non-hydrogen) atoms. The van der Waals surface area contributed by atoms with Crippen LogP contribution in [0, 0.1) is 11.3 Å². The highest BCUT2D eigenvalue weighted by atomic mass is 32.1. The number of rotatable bonds is 8. The molecule has 0 aliphatic rings. The van der Waals surface area contributed by atoms with Crippen LogP contribution < -0.4 is 14.8 Å². The molecule has 186 valence electrons. The first kappa shape index (κ1) is 24.7. The van der Waals surface area contributed by atoms with Crippen LogP contribution in [0.1, 0.15) is 11.1 Å². The van der Waals surface area contributed by atoms with E-state index in [1.165, 1.54) is 17.4 Å². The molecule has 0 atom stereocenters. The van der Waals surface area contributed by atoms with E-state index in [-0.39, 0.29) is 12.2 Å². The molecule has 0 unspecified atom stereocenters. The van der Waals surface area contributed by atoms with Crippen molar-refractivity contribution in [3.8, 4) is 28.8 Å². The maximum atomic E-state index is 12.8. The van der Waals surface area contributed by atoms with E-state index in [1.54, 1.807) is 25.4 Å². The Labute approximate surface area is 223 Å². The molecule has 0 fully saturated rings. The van der Waals surface area contributed by atoms with Crippen molar-refractivity contribution in [2.75, 3.05) is 12.4 Å². The molecule has 5 rings (SSSR count). The van der Waals surface area contributed by atoms with Crippen LogP contribution >= 0.6 is 11.3 Å². The van der Waals surface area contributed by atoms with Gasteiger partial charge < -0.3 is 9.47 Å². The molecule has 7 nitrogen and oxygen atoms in total. The lowest BCUT2D eigenvalue weighted by Gasteiger charge is -2.12. The standard InChI is InChI=1S/C30H22N4O3S/c1-36-26-13-12-20(16-24(26)18-37-27-11-5-9-22-10-6-14-32-28(22)27)15-23(17-31)29(35)34-30-33-25(19-38-30)21-7-3-2-4-8-21/h2-16,19H,18H2,1H3,(H,33,34,35)/b23-15+. The van der Waals surface area contributed by atoms with Crippen LogP contribution in [0.15, 0.2) is 96.0 Å². The van der Waals surface area contributed by atoms with Crippen molar-refractivity contribution < 1.29 is 14.3 Å². The lowest BCUT2D eigenvalue weighted by atomic mass is 10.1. The minimum atomic E-state index is -0.531. The van der Waals surface area contributed by atoms with Gasteiger partial charge in [-0.3, -0.25) is 15.1 Å². The fraction of sp³-hybridized carbons (Fsp3) is 0.0667. The van der Waals surface area contributed by atoms with E-state index < -0.39 is 5.91 Å². The average Bonchev–Trinajstić information content (AvgIpc) is 3.43. The number of methoxy groups -OCH3 is 1. The zero-order chi connectivity index (χ0) is 26.3. The molecular formula is C30H22N4O3S. The van der Waals surface area contributed by atoms with Crippen molar-refractivity contribution in [2.45, 2.75) is 6.61 Å². The number of nitrogens with zero attached hydrogens (tertiary/aromatic N) is 3. The molecule has 8 heteroatoms. The minimum Gasteiger partial charge on any atom is -0.496 e. The summed E-state index contributed by atoms with van der Waals surface area (Å²) in [5.74, 6) is 0.757. The van der Waals surface area contributed by atoms with E-state index in [1.807, 2.05) is 78.2 Å². The molecule has 0 radical (unpaired) electrons. The number of carbonyl (C=O) groups excluding carboxylic acids is 1. The van der Waals surface area contributed by atoms with Gasteiger partial charge in [-0.2, -0.15) is 5.26 Å². The maximum Gasteiger partial charge on any atom is 0.268 e. The van der Waals surface area contributed by atoms with Gasteiger partial charge in [-0.15, -0.1) is 11.3 Å². The Morgan fingerprint density at radius 3 is 2.71 bits per heavy atom. The summed E-state index contributed by atoms with van der Waals surface area (Å²) in [5.41, 5.74) is 3.86. The number of hydrogen-bond donors (Lipinski definition) is 1. The zero-order valence-corrected chi connectivity index (χ0v) is 21.2. The lowest BCUT2D eigenvalue weighted by molar-refractivity contribution is -0.112. The van der Waals surface area contributed by atoms with Crippen LogP contribution in [-0.2, 0) is 11.4 Å². The summed E-state index contributed by atoms with van der Waals surface area (Å²) in [4.78, 5) is 21.7. The Morgan fingerprint density at radius 1 is 1.05 bits per heavy atom. The highest BCUT2D eigenvalue weighted by Gasteiger charge is 2.14. The average molecular weight is 519 g/mol. The van der Waals surface area contributed by atoms with Gasteiger partial charge >= 0.3 is 0 Å². The minimum absolute atomic E-state index is 0.0447. The first-order valence-corrected chi connectivity index (χ1v) is 12.6. The number of nitrogens with one attached hydrogen (secondary N) is 1. The lowest BCUT2D eigenvalue weighted by Crippen LogP contribution is -2.13. The molecule has 0 saturated heterocycles. The number of hydrogen-bond acceptors (Lipinski definition) is 7. The van der Waals surface area contributed by atoms with Gasteiger partial charge in [0.05, 0.1) is 12.8 Å². The van der Waals surface area contributed by atoms with Gasteiger partial charge in [-0.25, -0.2) is 4.98 Å². The van der Waals surface area contributed by atoms with Crippen LogP contribution in [0.2, 0.25) is 0 Å². The van der Waals surface area contributed by atoms with Crippen molar-refractivity contribution in [1.82, 2.24) is 9.97 Å². The van der Waals surface area contributed by atoms with Gasteiger partial charge in [0, 0.05) is 28.1 Å². The van der Waals surface area contributed by atoms with Crippen LogP contribution in [0.3, 0.4) is 0 Å². The third-order valence-electron chi connectivity index (χ3n) is 5.75. The second-order valence-electron chi connectivity index (χ2n) is 8.22. The summed E-state index contributed by atoms with van der Waals surface area (Å²) < 4.78 is 11.6. The molecule has 3 aromatic carbocycles. The fourth-order valence-electron chi connectivity index (χ4n) is 3.90. The molecule has 0 saturated carbocycles. The number of amides is 1. The first-order chi connectivity index (χ1) is 18.6. The third kappa shape index (κ3) is 5.53. The molecule has 0 aliphatic carbocycles. The smallest absolute Gasteiger partial charge is 0.268 e. The van der Waals surface area contributed by atoms with Crippen LogP contribution in [0.25, 0.3) is 28.2 Å². The van der Waals surface area contributed by atoms with Gasteiger partial charge in [0.1, 0.15) is 35.3 Å². The van der Waals surface area contributed by atoms with Crippen molar-refractivity contribution in [3.05, 3.63) is 107 Å². The number of ether oxygens (including phenoxy) is 2. The molecule has 0 bridgehead atoms. The number of thiazole rings is 1. The summed E-state index contributed by atoms with van der Waals surface area (Å²) in [5, 5.41) is 15.7. The predicted molar refractivity (Wildman–Crippen MR) is 149 cm³/mol. The topological polar surface area (TPSA) is 97.1 Å². The molecule has 2 heterocycles. The van der Waals surface area contributed by atoms with Gasteiger partial charge in [0.15, 0.2) is 5.13 Å². The summed E-state index contributed by atoms with van der Waals surface area (Å²) in [6, 6.07) is 26.7. The Bertz CT molecular complexity index is 1670. The second kappa shape index (κ2) is 11.4. The molecule has 1 N–H and O–H groups in total.